The van der Waals surface area contributed by atoms with Crippen LogP contribution in [0.2, 0.25) is 5.02 Å². The number of benzene rings is 2. The Kier molecular flexibility index (Phi) is 6.00. The van der Waals surface area contributed by atoms with Crippen molar-refractivity contribution in [3.8, 4) is 0 Å². The van der Waals surface area contributed by atoms with Gasteiger partial charge in [-0.2, -0.15) is 0 Å². The number of carbonyl (C=O) groups is 1. The van der Waals surface area contributed by atoms with Crippen molar-refractivity contribution < 1.29 is 22.0 Å². The van der Waals surface area contributed by atoms with Crippen LogP contribution in [0.5, 0.6) is 0 Å². The first kappa shape index (κ1) is 20.3. The van der Waals surface area contributed by atoms with Crippen LogP contribution in [0.15, 0.2) is 41.3 Å². The van der Waals surface area contributed by atoms with Gasteiger partial charge in [0.1, 0.15) is 4.90 Å². The Morgan fingerprint density at radius 3 is 2.35 bits per heavy atom. The normalized spacial score (nSPS) is 12.9. The molecule has 0 aliphatic rings. The third kappa shape index (κ3) is 4.20. The summed E-state index contributed by atoms with van der Waals surface area (Å²) in [6, 6.07) is 6.56. The van der Waals surface area contributed by atoms with Crippen LogP contribution in [-0.4, -0.2) is 32.7 Å². The van der Waals surface area contributed by atoms with Gasteiger partial charge in [-0.25, -0.2) is 21.5 Å². The predicted octanol–water partition coefficient (Wildman–Crippen LogP) is 3.36. The third-order valence-electron chi connectivity index (χ3n) is 3.74. The molecule has 0 aliphatic carbocycles. The zero-order valence-electron chi connectivity index (χ0n) is 14.3. The standard InChI is InChI=1S/C17H17ClF2N2O3S/c1-10(11-5-7-14(19)15(20)8-11)21-17(23)12-4-6-13(18)16(9-12)26(24,25)22(2)3/h4-10H,1-3H3,(H,21,23)/t10-/m0/s1. The molecular weight excluding hydrogens is 386 g/mol. The Morgan fingerprint density at radius 2 is 1.77 bits per heavy atom. The number of rotatable bonds is 5. The molecule has 2 aromatic rings. The monoisotopic (exact) mass is 402 g/mol. The highest BCUT2D eigenvalue weighted by atomic mass is 35.5. The molecule has 2 aromatic carbocycles. The average molecular weight is 403 g/mol. The molecule has 0 aromatic heterocycles. The molecule has 0 fully saturated rings. The summed E-state index contributed by atoms with van der Waals surface area (Å²) in [6.07, 6.45) is 0. The highest BCUT2D eigenvalue weighted by Gasteiger charge is 2.23. The first-order valence-electron chi connectivity index (χ1n) is 7.52. The van der Waals surface area contributed by atoms with Gasteiger partial charge in [-0.15, -0.1) is 0 Å². The van der Waals surface area contributed by atoms with Crippen LogP contribution in [-0.2, 0) is 10.0 Å². The molecule has 26 heavy (non-hydrogen) atoms. The Labute approximate surface area is 155 Å². The summed E-state index contributed by atoms with van der Waals surface area (Å²) in [5.74, 6) is -2.58. The lowest BCUT2D eigenvalue weighted by Crippen LogP contribution is -2.27. The first-order valence-corrected chi connectivity index (χ1v) is 9.33. The minimum atomic E-state index is -3.82. The molecule has 1 atom stereocenters. The van der Waals surface area contributed by atoms with Crippen molar-refractivity contribution in [2.75, 3.05) is 14.1 Å². The fraction of sp³-hybridized carbons (Fsp3) is 0.235. The van der Waals surface area contributed by atoms with E-state index in [2.05, 4.69) is 5.32 Å². The van der Waals surface area contributed by atoms with Crippen LogP contribution in [0.4, 0.5) is 8.78 Å². The molecule has 0 spiro atoms. The molecule has 0 heterocycles. The van der Waals surface area contributed by atoms with Gasteiger partial charge < -0.3 is 5.32 Å². The summed E-state index contributed by atoms with van der Waals surface area (Å²) in [7, 11) is -1.12. The number of amides is 1. The van der Waals surface area contributed by atoms with Crippen LogP contribution in [0.25, 0.3) is 0 Å². The van der Waals surface area contributed by atoms with E-state index in [-0.39, 0.29) is 15.5 Å². The fourth-order valence-corrected chi connectivity index (χ4v) is 3.58. The SMILES string of the molecule is C[C@H](NC(=O)c1ccc(Cl)c(S(=O)(=O)N(C)C)c1)c1ccc(F)c(F)c1. The van der Waals surface area contributed by atoms with Crippen molar-refractivity contribution in [1.29, 1.82) is 0 Å². The lowest BCUT2D eigenvalue weighted by molar-refractivity contribution is 0.0939. The van der Waals surface area contributed by atoms with E-state index in [0.29, 0.717) is 5.56 Å². The van der Waals surface area contributed by atoms with Crippen molar-refractivity contribution in [2.24, 2.45) is 0 Å². The molecule has 9 heteroatoms. The van der Waals surface area contributed by atoms with Crippen LogP contribution < -0.4 is 5.32 Å². The molecule has 0 saturated carbocycles. The largest absolute Gasteiger partial charge is 0.346 e. The second-order valence-corrected chi connectivity index (χ2v) is 8.33. The number of sulfonamides is 1. The van der Waals surface area contributed by atoms with Crippen molar-refractivity contribution in [1.82, 2.24) is 9.62 Å². The van der Waals surface area contributed by atoms with Gasteiger partial charge in [0.05, 0.1) is 11.1 Å². The van der Waals surface area contributed by atoms with Crippen LogP contribution >= 0.6 is 11.6 Å². The number of halogens is 3. The predicted molar refractivity (Wildman–Crippen MR) is 94.6 cm³/mol. The molecule has 5 nitrogen and oxygen atoms in total. The zero-order chi connectivity index (χ0) is 19.6. The van der Waals surface area contributed by atoms with Crippen LogP contribution in [0, 0.1) is 11.6 Å². The number of hydrogen-bond donors (Lipinski definition) is 1. The van der Waals surface area contributed by atoms with Crippen LogP contribution in [0.3, 0.4) is 0 Å². The molecule has 0 aliphatic heterocycles. The highest BCUT2D eigenvalue weighted by molar-refractivity contribution is 7.89. The lowest BCUT2D eigenvalue weighted by atomic mass is 10.1. The van der Waals surface area contributed by atoms with Gasteiger partial charge in [-0.1, -0.05) is 17.7 Å². The molecule has 0 bridgehead atoms. The van der Waals surface area contributed by atoms with Crippen molar-refractivity contribution in [3.63, 3.8) is 0 Å². The fourth-order valence-electron chi connectivity index (χ4n) is 2.18. The minimum absolute atomic E-state index is 0.0103. The van der Waals surface area contributed by atoms with Gasteiger partial charge in [-0.3, -0.25) is 4.79 Å². The van der Waals surface area contributed by atoms with Gasteiger partial charge in [0, 0.05) is 19.7 Å². The third-order valence-corrected chi connectivity index (χ3v) is 6.04. The average Bonchev–Trinajstić information content (AvgIpc) is 2.57. The second kappa shape index (κ2) is 7.69. The summed E-state index contributed by atoms with van der Waals surface area (Å²) in [6.45, 7) is 1.60. The summed E-state index contributed by atoms with van der Waals surface area (Å²) >= 11 is 5.95. The lowest BCUT2D eigenvalue weighted by Gasteiger charge is -2.16. The van der Waals surface area contributed by atoms with Crippen molar-refractivity contribution >= 4 is 27.5 Å². The maximum atomic E-state index is 13.3. The maximum absolute atomic E-state index is 13.3. The van der Waals surface area contributed by atoms with Gasteiger partial charge >= 0.3 is 0 Å². The van der Waals surface area contributed by atoms with E-state index in [1.165, 1.54) is 38.4 Å². The molecule has 1 amide bonds. The van der Waals surface area contributed by atoms with Gasteiger partial charge in [-0.05, 0) is 42.8 Å². The quantitative estimate of drug-likeness (QED) is 0.833. The smallest absolute Gasteiger partial charge is 0.251 e. The zero-order valence-corrected chi connectivity index (χ0v) is 15.8. The van der Waals surface area contributed by atoms with Gasteiger partial charge in [0.25, 0.3) is 5.91 Å². The molecule has 2 rings (SSSR count). The van der Waals surface area contributed by atoms with E-state index in [1.807, 2.05) is 0 Å². The Bertz CT molecular complexity index is 949. The summed E-state index contributed by atoms with van der Waals surface area (Å²) in [5, 5.41) is 2.60. The Hall–Kier alpha value is -2.03. The van der Waals surface area contributed by atoms with E-state index in [9.17, 15) is 22.0 Å². The second-order valence-electron chi connectivity index (χ2n) is 5.80. The summed E-state index contributed by atoms with van der Waals surface area (Å²) in [4.78, 5) is 12.2. The highest BCUT2D eigenvalue weighted by Crippen LogP contribution is 2.25. The van der Waals surface area contributed by atoms with E-state index in [4.69, 9.17) is 11.6 Å². The van der Waals surface area contributed by atoms with E-state index in [0.717, 1.165) is 16.4 Å². The first-order chi connectivity index (χ1) is 12.0. The van der Waals surface area contributed by atoms with E-state index < -0.39 is 33.6 Å². The molecule has 140 valence electrons. The molecule has 0 unspecified atom stereocenters. The van der Waals surface area contributed by atoms with Crippen LogP contribution in [0.1, 0.15) is 28.9 Å². The molecular formula is C17H17ClF2N2O3S. The van der Waals surface area contributed by atoms with Crippen molar-refractivity contribution in [3.05, 3.63) is 64.2 Å². The molecule has 1 N–H and O–H groups in total. The molecule has 0 saturated heterocycles. The number of carbonyl (C=O) groups excluding carboxylic acids is 1. The topological polar surface area (TPSA) is 66.5 Å². The number of hydrogen-bond acceptors (Lipinski definition) is 3. The van der Waals surface area contributed by atoms with E-state index >= 15 is 0 Å². The number of nitrogens with one attached hydrogen (secondary N) is 1. The summed E-state index contributed by atoms with van der Waals surface area (Å²) in [5.41, 5.74) is 0.441. The number of nitrogens with zero attached hydrogens (tertiary/aromatic N) is 1. The maximum Gasteiger partial charge on any atom is 0.251 e. The Morgan fingerprint density at radius 1 is 1.12 bits per heavy atom. The minimum Gasteiger partial charge on any atom is -0.346 e. The van der Waals surface area contributed by atoms with Gasteiger partial charge in [0.15, 0.2) is 11.6 Å². The van der Waals surface area contributed by atoms with Crippen molar-refractivity contribution in [2.45, 2.75) is 17.9 Å². The Balaban J connectivity index is 2.28. The molecule has 0 radical (unpaired) electrons. The van der Waals surface area contributed by atoms with Gasteiger partial charge in [0.2, 0.25) is 10.0 Å². The summed E-state index contributed by atoms with van der Waals surface area (Å²) < 4.78 is 51.9. The van der Waals surface area contributed by atoms with E-state index in [1.54, 1.807) is 6.92 Å².